The number of carbonyl (C=O) groups is 1. The van der Waals surface area contributed by atoms with Gasteiger partial charge in [-0.15, -0.1) is 0 Å². The molecule has 0 aliphatic carbocycles. The quantitative estimate of drug-likeness (QED) is 0.574. The van der Waals surface area contributed by atoms with E-state index in [0.717, 1.165) is 22.0 Å². The fourth-order valence-electron chi connectivity index (χ4n) is 2.79. The van der Waals surface area contributed by atoms with Crippen LogP contribution in [0.3, 0.4) is 0 Å². The maximum absolute atomic E-state index is 13.8. The van der Waals surface area contributed by atoms with Crippen LogP contribution in [0.15, 0.2) is 48.7 Å². The monoisotopic (exact) mass is 341 g/mol. The van der Waals surface area contributed by atoms with Crippen LogP contribution in [-0.4, -0.2) is 28.8 Å². The SMILES string of the molecule is Cc1ccc(NC(=O)N[C@H](CO)Cc2c[nH]c3ccccc23)c(F)c1. The van der Waals surface area contributed by atoms with Gasteiger partial charge in [0.25, 0.3) is 0 Å². The smallest absolute Gasteiger partial charge is 0.319 e. The summed E-state index contributed by atoms with van der Waals surface area (Å²) >= 11 is 0. The molecule has 0 unspecified atom stereocenters. The van der Waals surface area contributed by atoms with Crippen LogP contribution in [0.25, 0.3) is 10.9 Å². The molecule has 1 aromatic heterocycles. The largest absolute Gasteiger partial charge is 0.394 e. The second kappa shape index (κ2) is 7.36. The molecule has 0 saturated carbocycles. The van der Waals surface area contributed by atoms with E-state index in [-0.39, 0.29) is 12.3 Å². The number of H-pyrrole nitrogens is 1. The molecule has 0 spiro atoms. The van der Waals surface area contributed by atoms with Gasteiger partial charge in [-0.3, -0.25) is 0 Å². The van der Waals surface area contributed by atoms with Gasteiger partial charge >= 0.3 is 6.03 Å². The van der Waals surface area contributed by atoms with E-state index in [4.69, 9.17) is 0 Å². The molecular formula is C19H20FN3O2. The van der Waals surface area contributed by atoms with Gasteiger partial charge in [-0.25, -0.2) is 9.18 Å². The Balaban J connectivity index is 1.66. The van der Waals surface area contributed by atoms with Gasteiger partial charge in [0.1, 0.15) is 5.82 Å². The van der Waals surface area contributed by atoms with Gasteiger partial charge in [0, 0.05) is 17.1 Å². The van der Waals surface area contributed by atoms with Crippen LogP contribution in [0, 0.1) is 12.7 Å². The van der Waals surface area contributed by atoms with Gasteiger partial charge in [-0.05, 0) is 42.7 Å². The summed E-state index contributed by atoms with van der Waals surface area (Å²) in [6, 6.07) is 11.4. The number of nitrogens with one attached hydrogen (secondary N) is 3. The lowest BCUT2D eigenvalue weighted by Crippen LogP contribution is -2.41. The number of aryl methyl sites for hydroxylation is 1. The second-order valence-corrected chi connectivity index (χ2v) is 6.02. The molecule has 6 heteroatoms. The first-order valence-corrected chi connectivity index (χ1v) is 8.06. The summed E-state index contributed by atoms with van der Waals surface area (Å²) in [5.74, 6) is -0.493. The topological polar surface area (TPSA) is 77.2 Å². The van der Waals surface area contributed by atoms with Crippen molar-refractivity contribution in [1.82, 2.24) is 10.3 Å². The zero-order valence-electron chi connectivity index (χ0n) is 13.8. The first kappa shape index (κ1) is 17.0. The summed E-state index contributed by atoms with van der Waals surface area (Å²) in [5.41, 5.74) is 2.87. The third-order valence-corrected chi connectivity index (χ3v) is 4.07. The Morgan fingerprint density at radius 2 is 2.08 bits per heavy atom. The van der Waals surface area contributed by atoms with Crippen LogP contribution in [0.4, 0.5) is 14.9 Å². The summed E-state index contributed by atoms with van der Waals surface area (Å²) in [4.78, 5) is 15.3. The average molecular weight is 341 g/mol. The number of carbonyl (C=O) groups excluding carboxylic acids is 1. The van der Waals surface area contributed by atoms with Crippen LogP contribution >= 0.6 is 0 Å². The third-order valence-electron chi connectivity index (χ3n) is 4.07. The van der Waals surface area contributed by atoms with E-state index in [9.17, 15) is 14.3 Å². The molecule has 0 aliphatic heterocycles. The van der Waals surface area contributed by atoms with Crippen LogP contribution in [-0.2, 0) is 6.42 Å². The van der Waals surface area contributed by atoms with Gasteiger partial charge in [-0.1, -0.05) is 24.3 Å². The number of amides is 2. The van der Waals surface area contributed by atoms with Crippen molar-refractivity contribution < 1.29 is 14.3 Å². The molecule has 130 valence electrons. The summed E-state index contributed by atoms with van der Waals surface area (Å²) in [7, 11) is 0. The number of anilines is 1. The van der Waals surface area contributed by atoms with E-state index in [1.807, 2.05) is 30.5 Å². The zero-order valence-corrected chi connectivity index (χ0v) is 13.8. The number of aliphatic hydroxyl groups excluding tert-OH is 1. The van der Waals surface area contributed by atoms with Gasteiger partial charge in [0.05, 0.1) is 18.3 Å². The maximum atomic E-state index is 13.8. The minimum absolute atomic E-state index is 0.104. The van der Waals surface area contributed by atoms with Gasteiger partial charge in [0.15, 0.2) is 0 Å². The Hall–Kier alpha value is -2.86. The second-order valence-electron chi connectivity index (χ2n) is 6.02. The van der Waals surface area contributed by atoms with Gasteiger partial charge < -0.3 is 20.7 Å². The number of hydrogen-bond donors (Lipinski definition) is 4. The maximum Gasteiger partial charge on any atom is 0.319 e. The van der Waals surface area contributed by atoms with Crippen molar-refractivity contribution in [3.8, 4) is 0 Å². The van der Waals surface area contributed by atoms with Crippen molar-refractivity contribution in [2.75, 3.05) is 11.9 Å². The lowest BCUT2D eigenvalue weighted by Gasteiger charge is -2.17. The Morgan fingerprint density at radius 3 is 2.84 bits per heavy atom. The van der Waals surface area contributed by atoms with E-state index in [2.05, 4.69) is 15.6 Å². The number of urea groups is 1. The number of para-hydroxylation sites is 1. The minimum Gasteiger partial charge on any atom is -0.394 e. The number of fused-ring (bicyclic) bond motifs is 1. The average Bonchev–Trinajstić information content (AvgIpc) is 3.00. The molecule has 5 nitrogen and oxygen atoms in total. The first-order chi connectivity index (χ1) is 12.1. The Kier molecular flexibility index (Phi) is 5.00. The van der Waals surface area contributed by atoms with Crippen LogP contribution < -0.4 is 10.6 Å². The molecule has 2 aromatic carbocycles. The highest BCUT2D eigenvalue weighted by molar-refractivity contribution is 5.89. The number of benzene rings is 2. The number of rotatable bonds is 5. The minimum atomic E-state index is -0.554. The molecule has 0 aliphatic rings. The fourth-order valence-corrected chi connectivity index (χ4v) is 2.79. The Morgan fingerprint density at radius 1 is 1.28 bits per heavy atom. The highest BCUT2D eigenvalue weighted by Gasteiger charge is 2.15. The molecule has 0 saturated heterocycles. The predicted octanol–water partition coefficient (Wildman–Crippen LogP) is 3.34. The molecule has 1 atom stereocenters. The number of aromatic nitrogens is 1. The molecule has 4 N–H and O–H groups in total. The predicted molar refractivity (Wildman–Crippen MR) is 96.2 cm³/mol. The number of aromatic amines is 1. The normalized spacial score (nSPS) is 12.1. The van der Waals surface area contributed by atoms with Crippen LogP contribution in [0.2, 0.25) is 0 Å². The van der Waals surface area contributed by atoms with Crippen molar-refractivity contribution >= 4 is 22.6 Å². The van der Waals surface area contributed by atoms with Crippen molar-refractivity contribution in [1.29, 1.82) is 0 Å². The number of halogens is 1. The third kappa shape index (κ3) is 3.97. The zero-order chi connectivity index (χ0) is 17.8. The van der Waals surface area contributed by atoms with Crippen LogP contribution in [0.5, 0.6) is 0 Å². The standard InChI is InChI=1S/C19H20FN3O2/c1-12-6-7-18(16(20)8-12)23-19(25)22-14(11-24)9-13-10-21-17-5-3-2-4-15(13)17/h2-8,10,14,21,24H,9,11H2,1H3,(H2,22,23,25)/t14-/m0/s1. The number of aliphatic hydroxyl groups is 1. The fraction of sp³-hybridized carbons (Fsp3) is 0.211. The van der Waals surface area contributed by atoms with E-state index in [0.29, 0.717) is 6.42 Å². The van der Waals surface area contributed by atoms with Crippen molar-refractivity contribution in [2.24, 2.45) is 0 Å². The van der Waals surface area contributed by atoms with Crippen molar-refractivity contribution in [2.45, 2.75) is 19.4 Å². The molecule has 0 radical (unpaired) electrons. The van der Waals surface area contributed by atoms with Gasteiger partial charge in [0.2, 0.25) is 0 Å². The van der Waals surface area contributed by atoms with E-state index in [1.165, 1.54) is 12.1 Å². The van der Waals surface area contributed by atoms with E-state index in [1.54, 1.807) is 13.0 Å². The van der Waals surface area contributed by atoms with Crippen molar-refractivity contribution in [3.05, 3.63) is 65.6 Å². The lowest BCUT2D eigenvalue weighted by molar-refractivity contribution is 0.224. The van der Waals surface area contributed by atoms with E-state index < -0.39 is 17.9 Å². The summed E-state index contributed by atoms with van der Waals surface area (Å²) in [5, 5.41) is 15.8. The molecule has 25 heavy (non-hydrogen) atoms. The Bertz CT molecular complexity index is 891. The lowest BCUT2D eigenvalue weighted by atomic mass is 10.1. The molecule has 3 rings (SSSR count). The number of hydrogen-bond acceptors (Lipinski definition) is 2. The van der Waals surface area contributed by atoms with E-state index >= 15 is 0 Å². The summed E-state index contributed by atoms with van der Waals surface area (Å²) < 4.78 is 13.8. The summed E-state index contributed by atoms with van der Waals surface area (Å²) in [6.45, 7) is 1.55. The Labute approximate surface area is 144 Å². The molecule has 0 fully saturated rings. The molecule has 1 heterocycles. The molecular weight excluding hydrogens is 321 g/mol. The van der Waals surface area contributed by atoms with Crippen LogP contribution in [0.1, 0.15) is 11.1 Å². The highest BCUT2D eigenvalue weighted by atomic mass is 19.1. The molecule has 3 aromatic rings. The molecule has 2 amide bonds. The first-order valence-electron chi connectivity index (χ1n) is 8.06. The summed E-state index contributed by atoms with van der Waals surface area (Å²) in [6.07, 6.45) is 2.33. The highest BCUT2D eigenvalue weighted by Crippen LogP contribution is 2.19. The van der Waals surface area contributed by atoms with Crippen molar-refractivity contribution in [3.63, 3.8) is 0 Å². The van der Waals surface area contributed by atoms with Gasteiger partial charge in [-0.2, -0.15) is 0 Å². The molecule has 0 bridgehead atoms.